The molecule has 0 radical (unpaired) electrons. The molecule has 22 heavy (non-hydrogen) atoms. The van der Waals surface area contributed by atoms with Crippen molar-refractivity contribution >= 4 is 21.2 Å². The molecule has 1 aromatic carbocycles. The number of nitrogens with zero attached hydrogens (tertiary/aromatic N) is 1. The number of benzene rings is 1. The fourth-order valence-corrected chi connectivity index (χ4v) is 5.24. The van der Waals surface area contributed by atoms with E-state index in [4.69, 9.17) is 0 Å². The maximum Gasteiger partial charge on any atom is 0.150 e. The summed E-state index contributed by atoms with van der Waals surface area (Å²) in [6, 6.07) is 6.29. The van der Waals surface area contributed by atoms with Gasteiger partial charge in [0.1, 0.15) is 10.8 Å². The van der Waals surface area contributed by atoms with Crippen molar-refractivity contribution in [3.8, 4) is 10.6 Å². The quantitative estimate of drug-likeness (QED) is 0.908. The minimum Gasteiger partial charge on any atom is -0.311 e. The maximum absolute atomic E-state index is 12.9. The lowest BCUT2D eigenvalue weighted by atomic mass is 10.1. The van der Waals surface area contributed by atoms with Crippen molar-refractivity contribution in [3.05, 3.63) is 41.2 Å². The van der Waals surface area contributed by atoms with E-state index in [1.165, 1.54) is 23.5 Å². The molecule has 0 bridgehead atoms. The molecule has 1 saturated heterocycles. The van der Waals surface area contributed by atoms with E-state index in [0.717, 1.165) is 22.7 Å². The number of nitrogens with one attached hydrogen (secondary N) is 1. The van der Waals surface area contributed by atoms with Gasteiger partial charge in [0.05, 0.1) is 17.2 Å². The van der Waals surface area contributed by atoms with Crippen molar-refractivity contribution < 1.29 is 12.8 Å². The number of sulfone groups is 1. The first kappa shape index (κ1) is 15.6. The molecule has 2 aromatic rings. The number of thiazole rings is 1. The summed E-state index contributed by atoms with van der Waals surface area (Å²) in [7, 11) is -2.81. The average molecular weight is 340 g/mol. The third kappa shape index (κ3) is 3.91. The first-order valence-electron chi connectivity index (χ1n) is 7.13. The van der Waals surface area contributed by atoms with Gasteiger partial charge in [-0.25, -0.2) is 17.8 Å². The number of aromatic nitrogens is 1. The Bertz CT molecular complexity index is 741. The van der Waals surface area contributed by atoms with Crippen LogP contribution in [0.2, 0.25) is 0 Å². The van der Waals surface area contributed by atoms with Gasteiger partial charge in [0.2, 0.25) is 0 Å². The number of hydrogen-bond acceptors (Lipinski definition) is 5. The summed E-state index contributed by atoms with van der Waals surface area (Å²) in [6.07, 6.45) is 0.743. The summed E-state index contributed by atoms with van der Waals surface area (Å²) >= 11 is 1.52. The van der Waals surface area contributed by atoms with E-state index in [1.54, 1.807) is 12.1 Å². The highest BCUT2D eigenvalue weighted by Crippen LogP contribution is 2.24. The van der Waals surface area contributed by atoms with E-state index in [1.807, 2.05) is 5.38 Å². The van der Waals surface area contributed by atoms with E-state index in [-0.39, 0.29) is 17.5 Å². The maximum atomic E-state index is 12.9. The molecule has 1 unspecified atom stereocenters. The van der Waals surface area contributed by atoms with Crippen LogP contribution in [0.25, 0.3) is 10.6 Å². The van der Waals surface area contributed by atoms with Crippen LogP contribution >= 0.6 is 11.3 Å². The van der Waals surface area contributed by atoms with Gasteiger partial charge in [-0.1, -0.05) is 0 Å². The lowest BCUT2D eigenvalue weighted by molar-refractivity contribution is 0.518. The Labute approximate surface area is 133 Å². The molecule has 1 aromatic heterocycles. The Morgan fingerprint density at radius 2 is 2.09 bits per heavy atom. The molecule has 4 nitrogen and oxygen atoms in total. The van der Waals surface area contributed by atoms with Crippen LogP contribution in [-0.4, -0.2) is 31.5 Å². The van der Waals surface area contributed by atoms with Gasteiger partial charge in [-0.3, -0.25) is 0 Å². The molecule has 1 fully saturated rings. The number of rotatable bonds is 5. The highest BCUT2D eigenvalue weighted by atomic mass is 32.2. The molecule has 0 amide bonds. The molecule has 2 heterocycles. The standard InChI is InChI=1S/C15H17FN2O2S2/c16-13-3-1-12(2-4-13)15-18-14(9-21-15)8-17-7-11-5-6-22(19,20)10-11/h1-4,9,11,17H,5-8,10H2. The third-order valence-corrected chi connectivity index (χ3v) is 6.49. The highest BCUT2D eigenvalue weighted by molar-refractivity contribution is 7.91. The summed E-state index contributed by atoms with van der Waals surface area (Å²) in [5.74, 6) is 0.553. The fourth-order valence-electron chi connectivity index (χ4n) is 2.55. The zero-order valence-electron chi connectivity index (χ0n) is 12.0. The lowest BCUT2D eigenvalue weighted by Crippen LogP contribution is -2.23. The molecular weight excluding hydrogens is 323 g/mol. The normalized spacial score (nSPS) is 20.3. The molecule has 0 saturated carbocycles. The smallest absolute Gasteiger partial charge is 0.150 e. The van der Waals surface area contributed by atoms with Gasteiger partial charge >= 0.3 is 0 Å². The second kappa shape index (κ2) is 6.44. The SMILES string of the molecule is O=S1(=O)CCC(CNCc2csc(-c3ccc(F)cc3)n2)C1. The largest absolute Gasteiger partial charge is 0.311 e. The van der Waals surface area contributed by atoms with Crippen molar-refractivity contribution in [1.82, 2.24) is 10.3 Å². The fraction of sp³-hybridized carbons (Fsp3) is 0.400. The van der Waals surface area contributed by atoms with E-state index in [9.17, 15) is 12.8 Å². The van der Waals surface area contributed by atoms with Crippen LogP contribution < -0.4 is 5.32 Å². The Morgan fingerprint density at radius 1 is 1.32 bits per heavy atom. The third-order valence-electron chi connectivity index (χ3n) is 3.71. The molecule has 1 aliphatic heterocycles. The minimum absolute atomic E-state index is 0.209. The summed E-state index contributed by atoms with van der Waals surface area (Å²) in [6.45, 7) is 1.32. The zero-order chi connectivity index (χ0) is 15.6. The Balaban J connectivity index is 1.53. The number of halogens is 1. The van der Waals surface area contributed by atoms with Gasteiger partial charge in [-0.05, 0) is 43.1 Å². The summed E-state index contributed by atoms with van der Waals surface area (Å²) in [5, 5.41) is 6.11. The summed E-state index contributed by atoms with van der Waals surface area (Å²) in [5.41, 5.74) is 1.82. The van der Waals surface area contributed by atoms with E-state index in [0.29, 0.717) is 18.8 Å². The van der Waals surface area contributed by atoms with E-state index >= 15 is 0 Å². The van der Waals surface area contributed by atoms with Gasteiger partial charge < -0.3 is 5.32 Å². The Hall–Kier alpha value is -1.31. The van der Waals surface area contributed by atoms with Crippen LogP contribution in [0.15, 0.2) is 29.6 Å². The van der Waals surface area contributed by atoms with Crippen LogP contribution in [-0.2, 0) is 16.4 Å². The van der Waals surface area contributed by atoms with Crippen LogP contribution in [0.5, 0.6) is 0 Å². The first-order valence-corrected chi connectivity index (χ1v) is 9.83. The molecule has 118 valence electrons. The van der Waals surface area contributed by atoms with Crippen LogP contribution in [0.3, 0.4) is 0 Å². The first-order chi connectivity index (χ1) is 10.5. The van der Waals surface area contributed by atoms with Gasteiger partial charge in [-0.15, -0.1) is 11.3 Å². The van der Waals surface area contributed by atoms with Crippen molar-refractivity contribution in [2.45, 2.75) is 13.0 Å². The zero-order valence-corrected chi connectivity index (χ0v) is 13.6. The van der Waals surface area contributed by atoms with Crippen molar-refractivity contribution in [1.29, 1.82) is 0 Å². The topological polar surface area (TPSA) is 59.1 Å². The minimum atomic E-state index is -2.81. The monoisotopic (exact) mass is 340 g/mol. The van der Waals surface area contributed by atoms with Crippen LogP contribution in [0, 0.1) is 11.7 Å². The second-order valence-electron chi connectivity index (χ2n) is 5.55. The van der Waals surface area contributed by atoms with Crippen LogP contribution in [0.4, 0.5) is 4.39 Å². The Morgan fingerprint density at radius 3 is 2.77 bits per heavy atom. The van der Waals surface area contributed by atoms with Gasteiger partial charge in [-0.2, -0.15) is 0 Å². The highest BCUT2D eigenvalue weighted by Gasteiger charge is 2.27. The van der Waals surface area contributed by atoms with Gasteiger partial charge in [0.15, 0.2) is 9.84 Å². The van der Waals surface area contributed by atoms with Crippen molar-refractivity contribution in [3.63, 3.8) is 0 Å². The average Bonchev–Trinajstić information content (AvgIpc) is 3.07. The van der Waals surface area contributed by atoms with Crippen molar-refractivity contribution in [2.24, 2.45) is 5.92 Å². The molecule has 3 rings (SSSR count). The molecular formula is C15H17FN2O2S2. The summed E-state index contributed by atoms with van der Waals surface area (Å²) in [4.78, 5) is 4.52. The summed E-state index contributed by atoms with van der Waals surface area (Å²) < 4.78 is 35.7. The molecule has 0 spiro atoms. The second-order valence-corrected chi connectivity index (χ2v) is 8.64. The number of hydrogen-bond donors (Lipinski definition) is 1. The Kier molecular flexibility index (Phi) is 4.56. The molecule has 0 aliphatic carbocycles. The van der Waals surface area contributed by atoms with Crippen molar-refractivity contribution in [2.75, 3.05) is 18.1 Å². The van der Waals surface area contributed by atoms with Gasteiger partial charge in [0, 0.05) is 17.5 Å². The van der Waals surface area contributed by atoms with E-state index < -0.39 is 9.84 Å². The van der Waals surface area contributed by atoms with Gasteiger partial charge in [0.25, 0.3) is 0 Å². The van der Waals surface area contributed by atoms with Crippen LogP contribution in [0.1, 0.15) is 12.1 Å². The predicted molar refractivity (Wildman–Crippen MR) is 86.0 cm³/mol. The predicted octanol–water partition coefficient (Wildman–Crippen LogP) is 2.47. The van der Waals surface area contributed by atoms with E-state index in [2.05, 4.69) is 10.3 Å². The lowest BCUT2D eigenvalue weighted by Gasteiger charge is -2.07. The molecule has 1 aliphatic rings. The molecule has 7 heteroatoms. The molecule has 1 atom stereocenters. The molecule has 1 N–H and O–H groups in total.